The highest BCUT2D eigenvalue weighted by atomic mass is 32.1. The summed E-state index contributed by atoms with van der Waals surface area (Å²) in [6.07, 6.45) is 3.97. The van der Waals surface area contributed by atoms with Crippen LogP contribution in [-0.4, -0.2) is 33.9 Å². The lowest BCUT2D eigenvalue weighted by Gasteiger charge is -2.31. The number of nitrogens with one attached hydrogen (secondary N) is 1. The maximum absolute atomic E-state index is 12.4. The molecule has 5 heteroatoms. The molecule has 1 saturated heterocycles. The van der Waals surface area contributed by atoms with Gasteiger partial charge in [-0.15, -0.1) is 11.3 Å². The Morgan fingerprint density at radius 2 is 2.38 bits per heavy atom. The van der Waals surface area contributed by atoms with Crippen LogP contribution in [0.2, 0.25) is 0 Å². The van der Waals surface area contributed by atoms with Crippen molar-refractivity contribution in [2.24, 2.45) is 0 Å². The fourth-order valence-electron chi connectivity index (χ4n) is 2.75. The number of aromatic amines is 1. The Kier molecular flexibility index (Phi) is 4.10. The number of piperidine rings is 1. The molecule has 2 aromatic rings. The van der Waals surface area contributed by atoms with Gasteiger partial charge in [-0.3, -0.25) is 4.79 Å². The number of thiazole rings is 1. The van der Waals surface area contributed by atoms with Crippen molar-refractivity contribution in [1.29, 1.82) is 0 Å². The summed E-state index contributed by atoms with van der Waals surface area (Å²) in [4.78, 5) is 22.1. The van der Waals surface area contributed by atoms with Crippen LogP contribution in [-0.2, 0) is 0 Å². The zero-order valence-corrected chi connectivity index (χ0v) is 13.3. The van der Waals surface area contributed by atoms with E-state index < -0.39 is 0 Å². The number of aromatic nitrogens is 2. The first-order valence-corrected chi connectivity index (χ1v) is 8.41. The molecule has 0 aromatic carbocycles. The second-order valence-electron chi connectivity index (χ2n) is 5.94. The third-order valence-corrected chi connectivity index (χ3v) is 5.04. The van der Waals surface area contributed by atoms with E-state index >= 15 is 0 Å². The first kappa shape index (κ1) is 14.3. The number of rotatable bonds is 3. The molecule has 3 heterocycles. The van der Waals surface area contributed by atoms with E-state index in [2.05, 4.69) is 24.2 Å². The van der Waals surface area contributed by atoms with Crippen LogP contribution in [0.15, 0.2) is 23.7 Å². The summed E-state index contributed by atoms with van der Waals surface area (Å²) in [5, 5.41) is 3.34. The molecule has 1 amide bonds. The summed E-state index contributed by atoms with van der Waals surface area (Å²) in [6, 6.07) is 3.70. The van der Waals surface area contributed by atoms with Gasteiger partial charge in [-0.1, -0.05) is 13.8 Å². The lowest BCUT2D eigenvalue weighted by molar-refractivity contribution is 0.0702. The monoisotopic (exact) mass is 303 g/mol. The van der Waals surface area contributed by atoms with E-state index in [4.69, 9.17) is 4.98 Å². The number of carbonyl (C=O) groups is 1. The lowest BCUT2D eigenvalue weighted by atomic mass is 9.98. The Balaban J connectivity index is 1.72. The van der Waals surface area contributed by atoms with Crippen LogP contribution >= 0.6 is 11.3 Å². The Hall–Kier alpha value is -1.62. The fourth-order valence-corrected chi connectivity index (χ4v) is 3.86. The third kappa shape index (κ3) is 3.02. The molecule has 2 aromatic heterocycles. The van der Waals surface area contributed by atoms with Crippen molar-refractivity contribution >= 4 is 17.2 Å². The van der Waals surface area contributed by atoms with Gasteiger partial charge >= 0.3 is 0 Å². The standard InChI is InChI=1S/C16H21N3OS/c1-11(2)14-10-21-15(18-14)12-5-4-8-19(9-12)16(20)13-6-3-7-17-13/h3,6-7,10-12,17H,4-5,8-9H2,1-2H3/t12-/m0/s1. The molecule has 4 nitrogen and oxygen atoms in total. The molecule has 21 heavy (non-hydrogen) atoms. The van der Waals surface area contributed by atoms with Crippen LogP contribution in [0, 0.1) is 0 Å². The maximum atomic E-state index is 12.4. The molecule has 112 valence electrons. The van der Waals surface area contributed by atoms with E-state index in [0.29, 0.717) is 17.5 Å². The number of carbonyl (C=O) groups excluding carboxylic acids is 1. The number of likely N-dealkylation sites (tertiary alicyclic amines) is 1. The van der Waals surface area contributed by atoms with Gasteiger partial charge in [0.25, 0.3) is 5.91 Å². The molecule has 0 saturated carbocycles. The van der Waals surface area contributed by atoms with Crippen LogP contribution in [0.25, 0.3) is 0 Å². The summed E-state index contributed by atoms with van der Waals surface area (Å²) in [5.74, 6) is 0.954. The first-order valence-electron chi connectivity index (χ1n) is 7.53. The Labute approximate surface area is 129 Å². The maximum Gasteiger partial charge on any atom is 0.270 e. The van der Waals surface area contributed by atoms with E-state index in [1.807, 2.05) is 17.0 Å². The highest BCUT2D eigenvalue weighted by Crippen LogP contribution is 2.31. The van der Waals surface area contributed by atoms with Gasteiger partial charge in [0.15, 0.2) is 0 Å². The quantitative estimate of drug-likeness (QED) is 0.941. The SMILES string of the molecule is CC(C)c1csc([C@H]2CCCN(C(=O)c3ccc[nH]3)C2)n1. The van der Waals surface area contributed by atoms with Crippen molar-refractivity contribution < 1.29 is 4.79 Å². The normalized spacial score (nSPS) is 19.2. The number of nitrogens with zero attached hydrogens (tertiary/aromatic N) is 2. The lowest BCUT2D eigenvalue weighted by Crippen LogP contribution is -2.39. The van der Waals surface area contributed by atoms with Gasteiger partial charge in [0.05, 0.1) is 10.7 Å². The van der Waals surface area contributed by atoms with Crippen molar-refractivity contribution in [3.05, 3.63) is 40.1 Å². The van der Waals surface area contributed by atoms with Crippen molar-refractivity contribution in [1.82, 2.24) is 14.9 Å². The summed E-state index contributed by atoms with van der Waals surface area (Å²) in [7, 11) is 0. The largest absolute Gasteiger partial charge is 0.357 e. The van der Waals surface area contributed by atoms with Crippen LogP contribution in [0.4, 0.5) is 0 Å². The molecule has 3 rings (SSSR count). The minimum atomic E-state index is 0.102. The van der Waals surface area contributed by atoms with E-state index in [-0.39, 0.29) is 5.91 Å². The summed E-state index contributed by atoms with van der Waals surface area (Å²) < 4.78 is 0. The van der Waals surface area contributed by atoms with Gasteiger partial charge < -0.3 is 9.88 Å². The van der Waals surface area contributed by atoms with Crippen molar-refractivity contribution in [3.8, 4) is 0 Å². The van der Waals surface area contributed by atoms with Gasteiger partial charge in [-0.2, -0.15) is 0 Å². The van der Waals surface area contributed by atoms with Gasteiger partial charge in [-0.25, -0.2) is 4.98 Å². The molecule has 1 N–H and O–H groups in total. The highest BCUT2D eigenvalue weighted by molar-refractivity contribution is 7.09. The second-order valence-corrected chi connectivity index (χ2v) is 6.83. The summed E-state index contributed by atoms with van der Waals surface area (Å²) in [5.41, 5.74) is 1.85. The Morgan fingerprint density at radius 1 is 1.52 bits per heavy atom. The molecule has 1 aliphatic heterocycles. The molecule has 0 spiro atoms. The van der Waals surface area contributed by atoms with Crippen LogP contribution in [0.3, 0.4) is 0 Å². The summed E-state index contributed by atoms with van der Waals surface area (Å²) in [6.45, 7) is 5.96. The van der Waals surface area contributed by atoms with Crippen LogP contribution in [0.5, 0.6) is 0 Å². The van der Waals surface area contributed by atoms with E-state index in [0.717, 1.165) is 25.9 Å². The minimum absolute atomic E-state index is 0.102. The van der Waals surface area contributed by atoms with E-state index in [1.54, 1.807) is 17.5 Å². The molecular weight excluding hydrogens is 282 g/mol. The number of hydrogen-bond donors (Lipinski definition) is 1. The van der Waals surface area contributed by atoms with E-state index in [9.17, 15) is 4.79 Å². The molecule has 0 bridgehead atoms. The van der Waals surface area contributed by atoms with Crippen molar-refractivity contribution in [2.45, 2.75) is 38.5 Å². The zero-order valence-electron chi connectivity index (χ0n) is 12.5. The number of H-pyrrole nitrogens is 1. The molecule has 0 radical (unpaired) electrons. The van der Waals surface area contributed by atoms with Gasteiger partial charge in [0.2, 0.25) is 0 Å². The Bertz CT molecular complexity index is 603. The topological polar surface area (TPSA) is 49.0 Å². The second kappa shape index (κ2) is 6.02. The van der Waals surface area contributed by atoms with E-state index in [1.165, 1.54) is 10.7 Å². The molecule has 1 atom stereocenters. The molecule has 0 aliphatic carbocycles. The molecule has 1 aliphatic rings. The first-order chi connectivity index (χ1) is 10.1. The van der Waals surface area contributed by atoms with Gasteiger partial charge in [0.1, 0.15) is 5.69 Å². The minimum Gasteiger partial charge on any atom is -0.357 e. The van der Waals surface area contributed by atoms with Crippen LogP contribution in [0.1, 0.15) is 59.7 Å². The average molecular weight is 303 g/mol. The summed E-state index contributed by atoms with van der Waals surface area (Å²) >= 11 is 1.74. The third-order valence-electron chi connectivity index (χ3n) is 4.02. The van der Waals surface area contributed by atoms with Crippen LogP contribution < -0.4 is 0 Å². The van der Waals surface area contributed by atoms with Crippen molar-refractivity contribution in [2.75, 3.05) is 13.1 Å². The fraction of sp³-hybridized carbons (Fsp3) is 0.500. The number of amides is 1. The zero-order chi connectivity index (χ0) is 14.8. The van der Waals surface area contributed by atoms with Gasteiger partial charge in [-0.05, 0) is 30.9 Å². The molecular formula is C16H21N3OS. The Morgan fingerprint density at radius 3 is 3.05 bits per heavy atom. The predicted octanol–water partition coefficient (Wildman–Crippen LogP) is 3.61. The number of hydrogen-bond acceptors (Lipinski definition) is 3. The smallest absolute Gasteiger partial charge is 0.270 e. The molecule has 0 unspecified atom stereocenters. The van der Waals surface area contributed by atoms with Crippen molar-refractivity contribution in [3.63, 3.8) is 0 Å². The average Bonchev–Trinajstić information content (AvgIpc) is 3.18. The van der Waals surface area contributed by atoms with Gasteiger partial charge in [0, 0.05) is 30.6 Å². The predicted molar refractivity (Wildman–Crippen MR) is 84.9 cm³/mol. The highest BCUT2D eigenvalue weighted by Gasteiger charge is 2.27. The molecule has 1 fully saturated rings.